The summed E-state index contributed by atoms with van der Waals surface area (Å²) >= 11 is 0. The number of hydrogen-bond acceptors (Lipinski definition) is 4. The van der Waals surface area contributed by atoms with Gasteiger partial charge in [-0.15, -0.1) is 0 Å². The summed E-state index contributed by atoms with van der Waals surface area (Å²) in [5, 5.41) is 0. The minimum absolute atomic E-state index is 0.300. The van der Waals surface area contributed by atoms with Gasteiger partial charge in [-0.05, 0) is 31.7 Å². The highest BCUT2D eigenvalue weighted by atomic mass is 16.5. The number of hydrogen-bond donors (Lipinski definition) is 1. The molecule has 4 nitrogen and oxygen atoms in total. The smallest absolute Gasteiger partial charge is 0.122 e. The lowest BCUT2D eigenvalue weighted by Crippen LogP contribution is -2.27. The average Bonchev–Trinajstić information content (AvgIpc) is 2.84. The van der Waals surface area contributed by atoms with Crippen molar-refractivity contribution >= 4 is 0 Å². The zero-order valence-electron chi connectivity index (χ0n) is 10.4. The Morgan fingerprint density at radius 1 is 1.41 bits per heavy atom. The second-order valence-electron chi connectivity index (χ2n) is 4.53. The van der Waals surface area contributed by atoms with Gasteiger partial charge in [-0.1, -0.05) is 0 Å². The SMILES string of the molecule is COC1CCCC(OCc2ccoc2CN)C1. The number of nitrogens with two attached hydrogens (primary N) is 1. The summed E-state index contributed by atoms with van der Waals surface area (Å²) in [5.41, 5.74) is 6.64. The molecule has 2 N–H and O–H groups in total. The molecule has 1 aromatic heterocycles. The van der Waals surface area contributed by atoms with Crippen molar-refractivity contribution in [2.24, 2.45) is 5.73 Å². The molecule has 2 rings (SSSR count). The molecule has 0 bridgehead atoms. The predicted molar refractivity (Wildman–Crippen MR) is 64.4 cm³/mol. The maximum Gasteiger partial charge on any atom is 0.122 e. The standard InChI is InChI=1S/C13H21NO3/c1-15-11-3-2-4-12(7-11)17-9-10-5-6-16-13(10)8-14/h5-6,11-12H,2-4,7-9,14H2,1H3. The van der Waals surface area contributed by atoms with E-state index in [0.717, 1.165) is 30.6 Å². The monoisotopic (exact) mass is 239 g/mol. The highest BCUT2D eigenvalue weighted by molar-refractivity contribution is 5.15. The fraction of sp³-hybridized carbons (Fsp3) is 0.692. The van der Waals surface area contributed by atoms with E-state index in [-0.39, 0.29) is 0 Å². The van der Waals surface area contributed by atoms with Crippen molar-refractivity contribution in [1.29, 1.82) is 0 Å². The highest BCUT2D eigenvalue weighted by Gasteiger charge is 2.22. The van der Waals surface area contributed by atoms with Gasteiger partial charge in [0.1, 0.15) is 5.76 Å². The molecule has 0 aliphatic heterocycles. The number of ether oxygens (including phenoxy) is 2. The van der Waals surface area contributed by atoms with Crippen LogP contribution in [0.4, 0.5) is 0 Å². The van der Waals surface area contributed by atoms with Crippen LogP contribution in [0.1, 0.15) is 37.0 Å². The first-order chi connectivity index (χ1) is 8.33. The van der Waals surface area contributed by atoms with E-state index < -0.39 is 0 Å². The second-order valence-corrected chi connectivity index (χ2v) is 4.53. The van der Waals surface area contributed by atoms with Crippen LogP contribution in [-0.4, -0.2) is 19.3 Å². The number of methoxy groups -OCH3 is 1. The predicted octanol–water partition coefficient (Wildman–Crippen LogP) is 2.21. The molecule has 0 saturated heterocycles. The fourth-order valence-electron chi connectivity index (χ4n) is 2.35. The van der Waals surface area contributed by atoms with E-state index in [4.69, 9.17) is 19.6 Å². The van der Waals surface area contributed by atoms with E-state index >= 15 is 0 Å². The molecule has 17 heavy (non-hydrogen) atoms. The molecule has 1 saturated carbocycles. The molecule has 1 fully saturated rings. The molecule has 1 heterocycles. The van der Waals surface area contributed by atoms with E-state index in [2.05, 4.69) is 0 Å². The Kier molecular flexibility index (Phi) is 4.59. The van der Waals surface area contributed by atoms with Crippen molar-refractivity contribution in [3.05, 3.63) is 23.7 Å². The van der Waals surface area contributed by atoms with Crippen LogP contribution in [0.15, 0.2) is 16.7 Å². The highest BCUT2D eigenvalue weighted by Crippen LogP contribution is 2.24. The van der Waals surface area contributed by atoms with Crippen molar-refractivity contribution < 1.29 is 13.9 Å². The molecule has 2 unspecified atom stereocenters. The summed E-state index contributed by atoms with van der Waals surface area (Å²) in [4.78, 5) is 0. The van der Waals surface area contributed by atoms with Gasteiger partial charge in [0.25, 0.3) is 0 Å². The molecule has 2 atom stereocenters. The summed E-state index contributed by atoms with van der Waals surface area (Å²) in [6, 6.07) is 1.93. The van der Waals surface area contributed by atoms with Gasteiger partial charge in [-0.25, -0.2) is 0 Å². The van der Waals surface area contributed by atoms with Crippen LogP contribution in [0, 0.1) is 0 Å². The third-order valence-electron chi connectivity index (χ3n) is 3.41. The van der Waals surface area contributed by atoms with Crippen LogP contribution in [0.3, 0.4) is 0 Å². The normalized spacial score (nSPS) is 25.1. The van der Waals surface area contributed by atoms with Gasteiger partial charge >= 0.3 is 0 Å². The Morgan fingerprint density at radius 3 is 3.00 bits per heavy atom. The first-order valence-electron chi connectivity index (χ1n) is 6.23. The van der Waals surface area contributed by atoms with Crippen molar-refractivity contribution in [2.45, 2.75) is 51.0 Å². The molecule has 1 aromatic rings. The molecule has 4 heteroatoms. The third kappa shape index (κ3) is 3.31. The van der Waals surface area contributed by atoms with Crippen LogP contribution >= 0.6 is 0 Å². The first-order valence-corrected chi connectivity index (χ1v) is 6.23. The van der Waals surface area contributed by atoms with Gasteiger partial charge in [0.05, 0.1) is 31.6 Å². The van der Waals surface area contributed by atoms with Crippen molar-refractivity contribution in [3.8, 4) is 0 Å². The largest absolute Gasteiger partial charge is 0.468 e. The molecule has 0 amide bonds. The maximum absolute atomic E-state index is 5.91. The zero-order chi connectivity index (χ0) is 12.1. The van der Waals surface area contributed by atoms with E-state index in [1.807, 2.05) is 6.07 Å². The van der Waals surface area contributed by atoms with Gasteiger partial charge < -0.3 is 19.6 Å². The summed E-state index contributed by atoms with van der Waals surface area (Å²) in [6.45, 7) is 1.02. The van der Waals surface area contributed by atoms with Crippen LogP contribution in [0.2, 0.25) is 0 Å². The summed E-state index contributed by atoms with van der Waals surface area (Å²) < 4.78 is 16.6. The van der Waals surface area contributed by atoms with E-state index in [0.29, 0.717) is 25.4 Å². The topological polar surface area (TPSA) is 57.6 Å². The van der Waals surface area contributed by atoms with Crippen LogP contribution < -0.4 is 5.73 Å². The molecule has 96 valence electrons. The van der Waals surface area contributed by atoms with Gasteiger partial charge in [0, 0.05) is 12.7 Å². The van der Waals surface area contributed by atoms with Crippen LogP contribution in [-0.2, 0) is 22.6 Å². The summed E-state index contributed by atoms with van der Waals surface area (Å²) in [7, 11) is 1.77. The van der Waals surface area contributed by atoms with E-state index in [9.17, 15) is 0 Å². The molecule has 0 aromatic carbocycles. The van der Waals surface area contributed by atoms with Crippen molar-refractivity contribution in [2.75, 3.05) is 7.11 Å². The quantitative estimate of drug-likeness (QED) is 0.856. The van der Waals surface area contributed by atoms with E-state index in [1.165, 1.54) is 6.42 Å². The first kappa shape index (κ1) is 12.6. The van der Waals surface area contributed by atoms with Gasteiger partial charge in [0.2, 0.25) is 0 Å². The van der Waals surface area contributed by atoms with Gasteiger partial charge in [-0.2, -0.15) is 0 Å². The van der Waals surface area contributed by atoms with E-state index in [1.54, 1.807) is 13.4 Å². The number of rotatable bonds is 5. The Balaban J connectivity index is 1.81. The minimum Gasteiger partial charge on any atom is -0.468 e. The van der Waals surface area contributed by atoms with Crippen LogP contribution in [0.25, 0.3) is 0 Å². The Hall–Kier alpha value is -0.840. The Morgan fingerprint density at radius 2 is 2.24 bits per heavy atom. The minimum atomic E-state index is 0.300. The molecule has 1 aliphatic carbocycles. The lowest BCUT2D eigenvalue weighted by molar-refractivity contribution is -0.0366. The zero-order valence-corrected chi connectivity index (χ0v) is 10.4. The van der Waals surface area contributed by atoms with Gasteiger partial charge in [0.15, 0.2) is 0 Å². The summed E-state index contributed by atoms with van der Waals surface area (Å²) in [5.74, 6) is 0.823. The molecular formula is C13H21NO3. The Labute approximate surface area is 102 Å². The second kappa shape index (κ2) is 6.19. The van der Waals surface area contributed by atoms with Gasteiger partial charge in [-0.3, -0.25) is 0 Å². The average molecular weight is 239 g/mol. The Bertz CT molecular complexity index is 337. The molecule has 0 spiro atoms. The van der Waals surface area contributed by atoms with Crippen molar-refractivity contribution in [3.63, 3.8) is 0 Å². The lowest BCUT2D eigenvalue weighted by atomic mass is 9.95. The fourth-order valence-corrected chi connectivity index (χ4v) is 2.35. The number of furan rings is 1. The molecule has 0 radical (unpaired) electrons. The lowest BCUT2D eigenvalue weighted by Gasteiger charge is -2.28. The van der Waals surface area contributed by atoms with Crippen LogP contribution in [0.5, 0.6) is 0 Å². The molecule has 1 aliphatic rings. The van der Waals surface area contributed by atoms with Crippen molar-refractivity contribution in [1.82, 2.24) is 0 Å². The molecular weight excluding hydrogens is 218 g/mol. The third-order valence-corrected chi connectivity index (χ3v) is 3.41. The summed E-state index contributed by atoms with van der Waals surface area (Å²) in [6.07, 6.45) is 6.76. The maximum atomic E-state index is 5.91.